The highest BCUT2D eigenvalue weighted by molar-refractivity contribution is 7.89. The van der Waals surface area contributed by atoms with Crippen LogP contribution in [0.25, 0.3) is 0 Å². The summed E-state index contributed by atoms with van der Waals surface area (Å²) in [5, 5.41) is 5.76. The van der Waals surface area contributed by atoms with Gasteiger partial charge < -0.3 is 9.64 Å². The first kappa shape index (κ1) is 19.0. The molecular weight excluding hydrogens is 374 g/mol. The molecule has 0 atom stereocenters. The van der Waals surface area contributed by atoms with Gasteiger partial charge in [0.1, 0.15) is 12.4 Å². The van der Waals surface area contributed by atoms with Gasteiger partial charge >= 0.3 is 0 Å². The van der Waals surface area contributed by atoms with Crippen molar-refractivity contribution < 1.29 is 13.2 Å². The first-order valence-corrected chi connectivity index (χ1v) is 10.3. The fraction of sp³-hybridized carbons (Fsp3) is 0.333. The number of primary sulfonamides is 1. The Labute approximate surface area is 159 Å². The molecule has 2 N–H and O–H groups in total. The van der Waals surface area contributed by atoms with Crippen molar-refractivity contribution in [2.75, 3.05) is 44.2 Å². The van der Waals surface area contributed by atoms with Crippen molar-refractivity contribution in [2.24, 2.45) is 5.14 Å². The molecule has 0 radical (unpaired) electrons. The van der Waals surface area contributed by atoms with E-state index in [0.29, 0.717) is 17.4 Å². The molecule has 2 aromatic carbocycles. The molecule has 26 heavy (non-hydrogen) atoms. The van der Waals surface area contributed by atoms with Crippen LogP contribution < -0.4 is 14.8 Å². The summed E-state index contributed by atoms with van der Waals surface area (Å²) in [5.74, 6) is 0.711. The number of ether oxygens (including phenoxy) is 1. The fourth-order valence-corrected chi connectivity index (χ4v) is 3.63. The van der Waals surface area contributed by atoms with Crippen molar-refractivity contribution in [3.05, 3.63) is 53.6 Å². The number of nitrogens with two attached hydrogens (primary N) is 1. The van der Waals surface area contributed by atoms with Gasteiger partial charge in [0.2, 0.25) is 10.0 Å². The summed E-state index contributed by atoms with van der Waals surface area (Å²) in [6, 6.07) is 14.2. The van der Waals surface area contributed by atoms with E-state index < -0.39 is 10.0 Å². The van der Waals surface area contributed by atoms with E-state index in [9.17, 15) is 8.42 Å². The highest BCUT2D eigenvalue weighted by atomic mass is 35.5. The van der Waals surface area contributed by atoms with E-state index in [0.717, 1.165) is 38.4 Å². The van der Waals surface area contributed by atoms with Crippen LogP contribution in [0.2, 0.25) is 5.02 Å². The van der Waals surface area contributed by atoms with E-state index in [1.165, 1.54) is 0 Å². The Morgan fingerprint density at radius 2 is 1.65 bits per heavy atom. The Kier molecular flexibility index (Phi) is 6.03. The molecular formula is C18H22ClN3O3S. The van der Waals surface area contributed by atoms with Gasteiger partial charge in [0.15, 0.2) is 0 Å². The van der Waals surface area contributed by atoms with Gasteiger partial charge in [-0.1, -0.05) is 23.7 Å². The van der Waals surface area contributed by atoms with Gasteiger partial charge in [-0.25, -0.2) is 13.6 Å². The second-order valence-electron chi connectivity index (χ2n) is 6.15. The molecule has 1 heterocycles. The maximum atomic E-state index is 11.3. The zero-order valence-corrected chi connectivity index (χ0v) is 15.9. The molecule has 0 spiro atoms. The number of hydrogen-bond acceptors (Lipinski definition) is 5. The summed E-state index contributed by atoms with van der Waals surface area (Å²) in [5.41, 5.74) is 1.00. The molecule has 2 aromatic rings. The molecule has 3 rings (SSSR count). The Morgan fingerprint density at radius 1 is 1.00 bits per heavy atom. The monoisotopic (exact) mass is 395 g/mol. The molecule has 8 heteroatoms. The molecule has 0 saturated carbocycles. The minimum atomic E-state index is -3.65. The molecule has 1 aliphatic heterocycles. The molecule has 6 nitrogen and oxygen atoms in total. The minimum absolute atomic E-state index is 0.136. The van der Waals surface area contributed by atoms with E-state index in [2.05, 4.69) is 9.80 Å². The third kappa shape index (κ3) is 4.88. The summed E-state index contributed by atoms with van der Waals surface area (Å²) in [6.45, 7) is 5.02. The average Bonchev–Trinajstić information content (AvgIpc) is 2.63. The second kappa shape index (κ2) is 8.26. The Morgan fingerprint density at radius 3 is 2.27 bits per heavy atom. The van der Waals surface area contributed by atoms with Gasteiger partial charge in [0, 0.05) is 38.4 Å². The van der Waals surface area contributed by atoms with Crippen molar-refractivity contribution in [3.8, 4) is 5.75 Å². The van der Waals surface area contributed by atoms with E-state index >= 15 is 0 Å². The highest BCUT2D eigenvalue weighted by Crippen LogP contribution is 2.23. The van der Waals surface area contributed by atoms with E-state index in [-0.39, 0.29) is 4.90 Å². The third-order valence-corrected chi connectivity index (χ3v) is 5.65. The van der Waals surface area contributed by atoms with Crippen molar-refractivity contribution in [1.82, 2.24) is 4.90 Å². The van der Waals surface area contributed by atoms with E-state index in [1.54, 1.807) is 24.3 Å². The van der Waals surface area contributed by atoms with Gasteiger partial charge in [-0.15, -0.1) is 0 Å². The summed E-state index contributed by atoms with van der Waals surface area (Å²) in [6.07, 6.45) is 0. The van der Waals surface area contributed by atoms with Crippen molar-refractivity contribution in [3.63, 3.8) is 0 Å². The van der Waals surface area contributed by atoms with Gasteiger partial charge in [0.05, 0.1) is 9.92 Å². The number of rotatable bonds is 6. The predicted octanol–water partition coefficient (Wildman–Crippen LogP) is 2.19. The molecule has 0 bridgehead atoms. The standard InChI is InChI=1S/C18H22ClN3O3S/c19-17-3-1-2-4-18(17)25-14-13-21-9-11-22(12-10-21)15-5-7-16(8-6-15)26(20,23)24/h1-8H,9-14H2,(H2,20,23,24). The Bertz CT molecular complexity index is 835. The molecule has 1 fully saturated rings. The maximum absolute atomic E-state index is 11.3. The van der Waals surface area contributed by atoms with Gasteiger partial charge in [-0.05, 0) is 36.4 Å². The number of nitrogens with zero attached hydrogens (tertiary/aromatic N) is 2. The number of benzene rings is 2. The van der Waals surface area contributed by atoms with Crippen molar-refractivity contribution in [1.29, 1.82) is 0 Å². The lowest BCUT2D eigenvalue weighted by Gasteiger charge is -2.36. The number of anilines is 1. The molecule has 0 aliphatic carbocycles. The molecule has 0 unspecified atom stereocenters. The van der Waals surface area contributed by atoms with Crippen LogP contribution in [0.4, 0.5) is 5.69 Å². The maximum Gasteiger partial charge on any atom is 0.238 e. The summed E-state index contributed by atoms with van der Waals surface area (Å²) in [4.78, 5) is 4.71. The van der Waals surface area contributed by atoms with Crippen molar-refractivity contribution >= 4 is 27.3 Å². The van der Waals surface area contributed by atoms with Gasteiger partial charge in [0.25, 0.3) is 0 Å². The predicted molar refractivity (Wildman–Crippen MR) is 103 cm³/mol. The van der Waals surface area contributed by atoms with Crippen LogP contribution in [0.15, 0.2) is 53.4 Å². The summed E-state index contributed by atoms with van der Waals surface area (Å²) < 4.78 is 28.4. The number of para-hydroxylation sites is 1. The fourth-order valence-electron chi connectivity index (χ4n) is 2.92. The van der Waals surface area contributed by atoms with Crippen LogP contribution in [0, 0.1) is 0 Å². The molecule has 1 saturated heterocycles. The molecule has 1 aliphatic rings. The van der Waals surface area contributed by atoms with Crippen LogP contribution in [-0.4, -0.2) is 52.6 Å². The highest BCUT2D eigenvalue weighted by Gasteiger charge is 2.18. The normalized spacial score (nSPS) is 15.8. The number of halogens is 1. The van der Waals surface area contributed by atoms with Crippen LogP contribution in [0.5, 0.6) is 5.75 Å². The third-order valence-electron chi connectivity index (χ3n) is 4.40. The van der Waals surface area contributed by atoms with E-state index in [1.807, 2.05) is 24.3 Å². The lowest BCUT2D eigenvalue weighted by atomic mass is 10.2. The SMILES string of the molecule is NS(=O)(=O)c1ccc(N2CCN(CCOc3ccccc3Cl)CC2)cc1. The van der Waals surface area contributed by atoms with Crippen LogP contribution in [0.3, 0.4) is 0 Å². The minimum Gasteiger partial charge on any atom is -0.491 e. The van der Waals surface area contributed by atoms with E-state index in [4.69, 9.17) is 21.5 Å². The molecule has 0 aromatic heterocycles. The van der Waals surface area contributed by atoms with Crippen LogP contribution >= 0.6 is 11.6 Å². The van der Waals surface area contributed by atoms with Crippen LogP contribution in [-0.2, 0) is 10.0 Å². The smallest absolute Gasteiger partial charge is 0.238 e. The lowest BCUT2D eigenvalue weighted by Crippen LogP contribution is -2.47. The summed E-state index contributed by atoms with van der Waals surface area (Å²) in [7, 11) is -3.65. The lowest BCUT2D eigenvalue weighted by molar-refractivity contribution is 0.200. The number of sulfonamides is 1. The zero-order chi connectivity index (χ0) is 18.6. The van der Waals surface area contributed by atoms with Gasteiger partial charge in [-0.3, -0.25) is 4.90 Å². The zero-order valence-electron chi connectivity index (χ0n) is 14.3. The number of hydrogen-bond donors (Lipinski definition) is 1. The topological polar surface area (TPSA) is 75.9 Å². The molecule has 0 amide bonds. The quantitative estimate of drug-likeness (QED) is 0.811. The second-order valence-corrected chi connectivity index (χ2v) is 8.12. The Balaban J connectivity index is 1.46. The summed E-state index contributed by atoms with van der Waals surface area (Å²) >= 11 is 6.08. The Hall–Kier alpha value is -1.80. The van der Waals surface area contributed by atoms with Crippen LogP contribution in [0.1, 0.15) is 0 Å². The van der Waals surface area contributed by atoms with Gasteiger partial charge in [-0.2, -0.15) is 0 Å². The number of piperazine rings is 1. The van der Waals surface area contributed by atoms with Crippen molar-refractivity contribution in [2.45, 2.75) is 4.90 Å². The average molecular weight is 396 g/mol. The molecule has 140 valence electrons. The first-order valence-electron chi connectivity index (χ1n) is 8.41. The first-order chi connectivity index (χ1) is 12.4. The largest absolute Gasteiger partial charge is 0.491 e.